The first-order chi connectivity index (χ1) is 18.3. The van der Waals surface area contributed by atoms with Gasteiger partial charge in [0.05, 0.1) is 23.2 Å². The zero-order valence-corrected chi connectivity index (χ0v) is 23.2. The van der Waals surface area contributed by atoms with Gasteiger partial charge in [0.2, 0.25) is 5.91 Å². The lowest BCUT2D eigenvalue weighted by molar-refractivity contribution is -0.120. The highest BCUT2D eigenvalue weighted by Gasteiger charge is 2.28. The van der Waals surface area contributed by atoms with Gasteiger partial charge in [-0.1, -0.05) is 37.3 Å². The van der Waals surface area contributed by atoms with Crippen LogP contribution < -0.4 is 19.3 Å². The highest BCUT2D eigenvalue weighted by atomic mass is 32.2. The first-order valence-corrected chi connectivity index (χ1v) is 14.7. The number of anilines is 2. The standard InChI is InChI=1S/C30H37N3O4S/c1-4-37-28-14-16-29(17-15-28)38(35,36)33(27-8-6-5-7-9-27)22-30(34)31-24(3)25-10-12-26(13-11-25)32-20-18-23(2)19-21-32/h5-17,23-24H,4,18-22H2,1-3H3,(H,31,34). The molecule has 1 aliphatic heterocycles. The van der Waals surface area contributed by atoms with Gasteiger partial charge in [-0.15, -0.1) is 0 Å². The van der Waals surface area contributed by atoms with Crippen LogP contribution in [0, 0.1) is 5.92 Å². The molecule has 3 aromatic carbocycles. The highest BCUT2D eigenvalue weighted by molar-refractivity contribution is 7.92. The van der Waals surface area contributed by atoms with Gasteiger partial charge in [-0.25, -0.2) is 8.42 Å². The fourth-order valence-corrected chi connectivity index (χ4v) is 6.07. The van der Waals surface area contributed by atoms with Crippen molar-refractivity contribution >= 4 is 27.3 Å². The molecule has 0 aromatic heterocycles. The van der Waals surface area contributed by atoms with Crippen molar-refractivity contribution in [3.05, 3.63) is 84.4 Å². The monoisotopic (exact) mass is 535 g/mol. The molecule has 1 N–H and O–H groups in total. The first-order valence-electron chi connectivity index (χ1n) is 13.2. The second-order valence-electron chi connectivity index (χ2n) is 9.80. The van der Waals surface area contributed by atoms with Crippen LogP contribution >= 0.6 is 0 Å². The lowest BCUT2D eigenvalue weighted by Gasteiger charge is -2.32. The van der Waals surface area contributed by atoms with Gasteiger partial charge < -0.3 is 15.0 Å². The van der Waals surface area contributed by atoms with Crippen molar-refractivity contribution in [1.29, 1.82) is 0 Å². The number of ether oxygens (including phenoxy) is 1. The molecule has 38 heavy (non-hydrogen) atoms. The molecular weight excluding hydrogens is 498 g/mol. The third kappa shape index (κ3) is 6.67. The number of hydrogen-bond donors (Lipinski definition) is 1. The predicted octanol–water partition coefficient (Wildman–Crippen LogP) is 5.39. The minimum atomic E-state index is -3.99. The second-order valence-corrected chi connectivity index (χ2v) is 11.7. The molecule has 0 radical (unpaired) electrons. The molecule has 1 amide bonds. The van der Waals surface area contributed by atoms with Crippen LogP contribution in [0.4, 0.5) is 11.4 Å². The van der Waals surface area contributed by atoms with Crippen LogP contribution in [0.3, 0.4) is 0 Å². The van der Waals surface area contributed by atoms with Gasteiger partial charge in [-0.2, -0.15) is 0 Å². The quantitative estimate of drug-likeness (QED) is 0.376. The lowest BCUT2D eigenvalue weighted by Crippen LogP contribution is -2.41. The van der Waals surface area contributed by atoms with E-state index in [1.165, 1.54) is 30.7 Å². The first kappa shape index (κ1) is 27.5. The Labute approximate surface area is 226 Å². The smallest absolute Gasteiger partial charge is 0.264 e. The van der Waals surface area contributed by atoms with Gasteiger partial charge in [0, 0.05) is 18.8 Å². The van der Waals surface area contributed by atoms with Gasteiger partial charge in [0.1, 0.15) is 12.3 Å². The molecule has 7 nitrogen and oxygen atoms in total. The largest absolute Gasteiger partial charge is 0.494 e. The molecule has 1 aliphatic rings. The second kappa shape index (κ2) is 12.3. The number of rotatable bonds is 10. The molecule has 202 valence electrons. The zero-order valence-electron chi connectivity index (χ0n) is 22.3. The van der Waals surface area contributed by atoms with Crippen molar-refractivity contribution in [2.45, 2.75) is 44.6 Å². The average molecular weight is 536 g/mol. The molecule has 4 rings (SSSR count). The lowest BCUT2D eigenvalue weighted by atomic mass is 9.98. The number of carbonyl (C=O) groups is 1. The molecule has 1 atom stereocenters. The average Bonchev–Trinajstić information content (AvgIpc) is 2.93. The Hall–Kier alpha value is -3.52. The Bertz CT molecular complexity index is 1290. The molecule has 1 saturated heterocycles. The van der Waals surface area contributed by atoms with E-state index in [-0.39, 0.29) is 23.4 Å². The van der Waals surface area contributed by atoms with Crippen molar-refractivity contribution in [2.75, 3.05) is 35.4 Å². The maximum Gasteiger partial charge on any atom is 0.264 e. The number of carbonyl (C=O) groups excluding carboxylic acids is 1. The fourth-order valence-electron chi connectivity index (χ4n) is 4.65. The Balaban J connectivity index is 1.47. The van der Waals surface area contributed by atoms with Crippen molar-refractivity contribution in [1.82, 2.24) is 5.32 Å². The Morgan fingerprint density at radius 1 is 1.00 bits per heavy atom. The Morgan fingerprint density at radius 3 is 2.24 bits per heavy atom. The van der Waals surface area contributed by atoms with Gasteiger partial charge >= 0.3 is 0 Å². The molecule has 0 saturated carbocycles. The summed E-state index contributed by atoms with van der Waals surface area (Å²) in [6.45, 7) is 8.34. The number of para-hydroxylation sites is 1. The fraction of sp³-hybridized carbons (Fsp3) is 0.367. The number of hydrogen-bond acceptors (Lipinski definition) is 5. The van der Waals surface area contributed by atoms with Crippen molar-refractivity contribution in [2.24, 2.45) is 5.92 Å². The summed E-state index contributed by atoms with van der Waals surface area (Å²) in [5.74, 6) is 0.976. The van der Waals surface area contributed by atoms with E-state index in [2.05, 4.69) is 29.3 Å². The third-order valence-electron chi connectivity index (χ3n) is 6.97. The maximum atomic E-state index is 13.6. The number of amides is 1. The molecule has 0 aliphatic carbocycles. The number of nitrogens with zero attached hydrogens (tertiary/aromatic N) is 2. The molecule has 0 spiro atoms. The Morgan fingerprint density at radius 2 is 1.63 bits per heavy atom. The normalized spacial score (nSPS) is 15.1. The van der Waals surface area contributed by atoms with E-state index in [1.54, 1.807) is 36.4 Å². The van der Waals surface area contributed by atoms with Crippen molar-refractivity contribution < 1.29 is 17.9 Å². The number of sulfonamides is 1. The third-order valence-corrected chi connectivity index (χ3v) is 8.76. The van der Waals surface area contributed by atoms with Gasteiger partial charge in [-0.3, -0.25) is 9.10 Å². The van der Waals surface area contributed by atoms with Gasteiger partial charge in [-0.05, 0) is 86.7 Å². The van der Waals surface area contributed by atoms with Crippen LogP contribution in [0.15, 0.2) is 83.8 Å². The number of benzene rings is 3. The van der Waals surface area contributed by atoms with Crippen LogP contribution in [0.1, 0.15) is 45.2 Å². The SMILES string of the molecule is CCOc1ccc(S(=O)(=O)N(CC(=O)NC(C)c2ccc(N3CCC(C)CC3)cc2)c2ccccc2)cc1. The van der Waals surface area contributed by atoms with E-state index in [9.17, 15) is 13.2 Å². The van der Waals surface area contributed by atoms with Crippen molar-refractivity contribution in [3.8, 4) is 5.75 Å². The molecule has 3 aromatic rings. The molecule has 0 bridgehead atoms. The summed E-state index contributed by atoms with van der Waals surface area (Å²) >= 11 is 0. The highest BCUT2D eigenvalue weighted by Crippen LogP contribution is 2.27. The van der Waals surface area contributed by atoms with Crippen LogP contribution in [0.25, 0.3) is 0 Å². The van der Waals surface area contributed by atoms with Crippen LogP contribution in [-0.4, -0.2) is 40.6 Å². The van der Waals surface area contributed by atoms with Crippen LogP contribution in [-0.2, 0) is 14.8 Å². The molecule has 1 heterocycles. The molecule has 1 fully saturated rings. The molecule has 1 unspecified atom stereocenters. The minimum absolute atomic E-state index is 0.0911. The van der Waals surface area contributed by atoms with E-state index in [4.69, 9.17) is 4.74 Å². The maximum absolute atomic E-state index is 13.6. The summed E-state index contributed by atoms with van der Waals surface area (Å²) < 4.78 is 33.8. The topological polar surface area (TPSA) is 79.0 Å². The molecule has 8 heteroatoms. The number of piperidine rings is 1. The van der Waals surface area contributed by atoms with E-state index >= 15 is 0 Å². The summed E-state index contributed by atoms with van der Waals surface area (Å²) in [6, 6.07) is 22.9. The summed E-state index contributed by atoms with van der Waals surface area (Å²) in [5.41, 5.74) is 2.58. The number of nitrogens with one attached hydrogen (secondary N) is 1. The van der Waals surface area contributed by atoms with E-state index in [0.29, 0.717) is 18.0 Å². The van der Waals surface area contributed by atoms with Gasteiger partial charge in [0.15, 0.2) is 0 Å². The summed E-state index contributed by atoms with van der Waals surface area (Å²) in [4.78, 5) is 15.6. The summed E-state index contributed by atoms with van der Waals surface area (Å²) in [7, 11) is -3.99. The Kier molecular flexibility index (Phi) is 8.94. The van der Waals surface area contributed by atoms with Gasteiger partial charge in [0.25, 0.3) is 10.0 Å². The van der Waals surface area contributed by atoms with E-state index in [1.807, 2.05) is 32.0 Å². The van der Waals surface area contributed by atoms with E-state index in [0.717, 1.165) is 28.9 Å². The predicted molar refractivity (Wildman–Crippen MR) is 152 cm³/mol. The summed E-state index contributed by atoms with van der Waals surface area (Å²) in [6.07, 6.45) is 2.40. The van der Waals surface area contributed by atoms with Crippen LogP contribution in [0.2, 0.25) is 0 Å². The zero-order chi connectivity index (χ0) is 27.1. The van der Waals surface area contributed by atoms with Crippen molar-refractivity contribution in [3.63, 3.8) is 0 Å². The molecular formula is C30H37N3O4S. The van der Waals surface area contributed by atoms with Crippen LogP contribution in [0.5, 0.6) is 5.75 Å². The minimum Gasteiger partial charge on any atom is -0.494 e. The summed E-state index contributed by atoms with van der Waals surface area (Å²) in [5, 5.41) is 2.97. The van der Waals surface area contributed by atoms with E-state index < -0.39 is 10.0 Å².